The van der Waals surface area contributed by atoms with E-state index in [0.29, 0.717) is 16.2 Å². The second-order valence-electron chi connectivity index (χ2n) is 5.38. The summed E-state index contributed by atoms with van der Waals surface area (Å²) in [6.45, 7) is 1.85. The highest BCUT2D eigenvalue weighted by molar-refractivity contribution is 6.30. The van der Waals surface area contributed by atoms with Gasteiger partial charge in [0, 0.05) is 10.7 Å². The number of aromatic nitrogens is 4. The molecule has 0 amide bonds. The molecule has 0 aliphatic rings. The highest BCUT2D eigenvalue weighted by Crippen LogP contribution is 2.37. The molecule has 3 N–H and O–H groups in total. The maximum absolute atomic E-state index is 15.0. The third kappa shape index (κ3) is 2.66. The number of hydrogen-bond acceptors (Lipinski definition) is 6. The van der Waals surface area contributed by atoms with Crippen molar-refractivity contribution in [3.05, 3.63) is 47.0 Å². The Morgan fingerprint density at radius 3 is 2.84 bits per heavy atom. The number of halogens is 2. The Morgan fingerprint density at radius 2 is 2.12 bits per heavy atom. The number of hydrogen-bond donors (Lipinski definition) is 3. The summed E-state index contributed by atoms with van der Waals surface area (Å²) < 4.78 is 20.1. The number of nitrogens with one attached hydrogen (secondary N) is 2. The molecule has 4 rings (SSSR count). The van der Waals surface area contributed by atoms with Crippen LogP contribution in [0.3, 0.4) is 0 Å². The summed E-state index contributed by atoms with van der Waals surface area (Å²) in [7, 11) is 0. The number of fused-ring (bicyclic) bond motifs is 1. The summed E-state index contributed by atoms with van der Waals surface area (Å²) in [5.41, 5.74) is 2.51. The van der Waals surface area contributed by atoms with E-state index in [0.717, 1.165) is 5.56 Å². The lowest BCUT2D eigenvalue weighted by atomic mass is 10.1. The van der Waals surface area contributed by atoms with Crippen LogP contribution in [-0.4, -0.2) is 25.3 Å². The zero-order valence-electron chi connectivity index (χ0n) is 12.8. The minimum atomic E-state index is -0.605. The van der Waals surface area contributed by atoms with E-state index in [2.05, 4.69) is 25.5 Å². The van der Waals surface area contributed by atoms with Gasteiger partial charge in [-0.1, -0.05) is 16.7 Å². The van der Waals surface area contributed by atoms with Gasteiger partial charge in [-0.3, -0.25) is 0 Å². The van der Waals surface area contributed by atoms with Crippen LogP contribution < -0.4 is 5.32 Å². The predicted molar refractivity (Wildman–Crippen MR) is 90.5 cm³/mol. The number of imidazole rings is 1. The summed E-state index contributed by atoms with van der Waals surface area (Å²) in [5.74, 6) is -0.590. The quantitative estimate of drug-likeness (QED) is 0.508. The average molecular weight is 360 g/mol. The van der Waals surface area contributed by atoms with Gasteiger partial charge < -0.3 is 19.8 Å². The molecule has 0 aliphatic carbocycles. The van der Waals surface area contributed by atoms with Gasteiger partial charge in [-0.15, -0.1) is 5.10 Å². The third-order valence-corrected chi connectivity index (χ3v) is 3.99. The molecule has 0 radical (unpaired) electrons. The molecule has 0 atom stereocenters. The average Bonchev–Trinajstić information content (AvgIpc) is 3.20. The van der Waals surface area contributed by atoms with Crippen LogP contribution in [0.1, 0.15) is 5.56 Å². The largest absolute Gasteiger partial charge is 0.465 e. The second-order valence-corrected chi connectivity index (χ2v) is 5.82. The molecule has 4 aromatic rings. The molecule has 25 heavy (non-hydrogen) atoms. The highest BCUT2D eigenvalue weighted by Gasteiger charge is 2.21. The van der Waals surface area contributed by atoms with Crippen LogP contribution in [0, 0.1) is 12.7 Å². The zero-order chi connectivity index (χ0) is 17.6. The Balaban J connectivity index is 1.92. The molecule has 0 spiro atoms. The molecule has 0 aliphatic heterocycles. The van der Waals surface area contributed by atoms with Gasteiger partial charge >= 0.3 is 6.08 Å². The minimum absolute atomic E-state index is 0.0320. The maximum Gasteiger partial charge on any atom is 0.412 e. The second kappa shape index (κ2) is 5.75. The van der Waals surface area contributed by atoms with Crippen molar-refractivity contribution >= 4 is 34.0 Å². The fourth-order valence-corrected chi connectivity index (χ4v) is 2.79. The van der Waals surface area contributed by atoms with Gasteiger partial charge in [0.1, 0.15) is 5.52 Å². The van der Waals surface area contributed by atoms with Crippen molar-refractivity contribution in [3.63, 3.8) is 0 Å². The lowest BCUT2D eigenvalue weighted by Crippen LogP contribution is -2.00. The standard InChI is InChI=1S/C16H11ClFN5O2/c1-7-4-8(17)2-3-10(7)21-13-9(15-22-23-16(24)25-15)5-11-14(12(13)18)20-6-19-11/h2-6,21H,1H3,(H,19,20)(H,23,24). The Bertz CT molecular complexity index is 1090. The van der Waals surface area contributed by atoms with Crippen molar-refractivity contribution < 1.29 is 13.9 Å². The number of rotatable bonds is 3. The van der Waals surface area contributed by atoms with Crippen molar-refractivity contribution in [2.45, 2.75) is 6.92 Å². The first-order valence-electron chi connectivity index (χ1n) is 7.24. The van der Waals surface area contributed by atoms with Crippen LogP contribution in [0.15, 0.2) is 35.0 Å². The number of nitrogens with zero attached hydrogens (tertiary/aromatic N) is 3. The number of benzene rings is 2. The molecule has 2 aromatic heterocycles. The van der Waals surface area contributed by atoms with Crippen LogP contribution in [-0.2, 0) is 0 Å². The molecule has 2 aromatic carbocycles. The monoisotopic (exact) mass is 359 g/mol. The smallest absolute Gasteiger partial charge is 0.412 e. The van der Waals surface area contributed by atoms with Crippen LogP contribution in [0.2, 0.25) is 5.02 Å². The van der Waals surface area contributed by atoms with Crippen LogP contribution >= 0.6 is 11.6 Å². The van der Waals surface area contributed by atoms with Crippen LogP contribution in [0.4, 0.5) is 15.8 Å². The molecule has 9 heteroatoms. The Hall–Kier alpha value is -3.13. The van der Waals surface area contributed by atoms with Gasteiger partial charge in [-0.2, -0.15) is 0 Å². The fourth-order valence-electron chi connectivity index (χ4n) is 2.56. The Labute approximate surface area is 145 Å². The summed E-state index contributed by atoms with van der Waals surface area (Å²) in [6, 6.07) is 6.79. The van der Waals surface area contributed by atoms with Crippen molar-refractivity contribution in [2.24, 2.45) is 0 Å². The molecule has 0 saturated heterocycles. The molecule has 7 nitrogen and oxygen atoms in total. The minimum Gasteiger partial charge on any atom is -0.465 e. The summed E-state index contributed by atoms with van der Waals surface area (Å²) in [6.07, 6.45) is 0.784. The first-order valence-corrected chi connectivity index (χ1v) is 7.62. The van der Waals surface area contributed by atoms with Gasteiger partial charge in [0.15, 0.2) is 5.82 Å². The van der Waals surface area contributed by atoms with Crippen LogP contribution in [0.25, 0.3) is 22.5 Å². The van der Waals surface area contributed by atoms with E-state index in [4.69, 9.17) is 16.0 Å². The molecular weight excluding hydrogens is 349 g/mol. The first kappa shape index (κ1) is 15.4. The van der Waals surface area contributed by atoms with Crippen molar-refractivity contribution in [1.29, 1.82) is 0 Å². The number of aromatic hydroxyl groups is 1. The van der Waals surface area contributed by atoms with E-state index in [-0.39, 0.29) is 22.7 Å². The normalized spacial score (nSPS) is 11.2. The molecule has 0 unspecified atom stereocenters. The van der Waals surface area contributed by atoms with E-state index in [9.17, 15) is 5.11 Å². The van der Waals surface area contributed by atoms with E-state index in [1.807, 2.05) is 6.92 Å². The lowest BCUT2D eigenvalue weighted by molar-refractivity contribution is 0.320. The molecule has 0 saturated carbocycles. The van der Waals surface area contributed by atoms with Gasteiger partial charge in [-0.05, 0) is 36.8 Å². The van der Waals surface area contributed by atoms with Crippen molar-refractivity contribution in [3.8, 4) is 17.5 Å². The molecule has 0 fully saturated rings. The summed E-state index contributed by atoms with van der Waals surface area (Å²) in [4.78, 5) is 6.82. The highest BCUT2D eigenvalue weighted by atomic mass is 35.5. The molecule has 126 valence electrons. The Morgan fingerprint density at radius 1 is 1.28 bits per heavy atom. The fraction of sp³-hybridized carbons (Fsp3) is 0.0625. The van der Waals surface area contributed by atoms with Gasteiger partial charge in [0.2, 0.25) is 0 Å². The topological polar surface area (TPSA) is 99.9 Å². The molecular formula is C16H11ClFN5O2. The predicted octanol–water partition coefficient (Wildman–Crippen LogP) is 4.16. The van der Waals surface area contributed by atoms with E-state index >= 15 is 4.39 Å². The van der Waals surface area contributed by atoms with Gasteiger partial charge in [-0.25, -0.2) is 9.37 Å². The SMILES string of the molecule is Cc1cc(Cl)ccc1Nc1c(-c2nnc(O)o2)cc2nc[nH]c2c1F. The van der Waals surface area contributed by atoms with Crippen molar-refractivity contribution in [1.82, 2.24) is 20.2 Å². The molecule has 0 bridgehead atoms. The van der Waals surface area contributed by atoms with Gasteiger partial charge in [0.05, 0.1) is 23.1 Å². The molecule has 2 heterocycles. The maximum atomic E-state index is 15.0. The van der Waals surface area contributed by atoms with E-state index in [1.54, 1.807) is 24.3 Å². The first-order chi connectivity index (χ1) is 12.0. The Kier molecular flexibility index (Phi) is 3.54. The number of aromatic amines is 1. The number of aryl methyl sites for hydroxylation is 1. The lowest BCUT2D eigenvalue weighted by Gasteiger charge is -2.14. The van der Waals surface area contributed by atoms with E-state index in [1.165, 1.54) is 6.33 Å². The summed E-state index contributed by atoms with van der Waals surface area (Å²) >= 11 is 5.97. The van der Waals surface area contributed by atoms with Crippen LogP contribution in [0.5, 0.6) is 6.08 Å². The van der Waals surface area contributed by atoms with Gasteiger partial charge in [0.25, 0.3) is 5.89 Å². The third-order valence-electron chi connectivity index (χ3n) is 3.75. The zero-order valence-corrected chi connectivity index (χ0v) is 13.6. The number of anilines is 2. The number of H-pyrrole nitrogens is 1. The van der Waals surface area contributed by atoms with Crippen molar-refractivity contribution in [2.75, 3.05) is 5.32 Å². The summed E-state index contributed by atoms with van der Waals surface area (Å²) in [5, 5.41) is 20.1. The van der Waals surface area contributed by atoms with E-state index < -0.39 is 11.9 Å².